The summed E-state index contributed by atoms with van der Waals surface area (Å²) in [7, 11) is 0. The third-order valence-electron chi connectivity index (χ3n) is 3.85. The molecule has 0 spiro atoms. The molecule has 2 aromatic carbocycles. The first-order valence-corrected chi connectivity index (χ1v) is 10.0. The minimum Gasteiger partial charge on any atom is -0.445 e. The number of esters is 1. The van der Waals surface area contributed by atoms with E-state index in [0.717, 1.165) is 22.9 Å². The van der Waals surface area contributed by atoms with E-state index in [-0.39, 0.29) is 13.0 Å². The molecule has 2 rings (SSSR count). The van der Waals surface area contributed by atoms with E-state index in [1.165, 1.54) is 6.92 Å². The van der Waals surface area contributed by atoms with E-state index < -0.39 is 29.3 Å². The molecule has 2 atom stereocenters. The molecular weight excluding hydrogens is 378 g/mol. The lowest BCUT2D eigenvalue weighted by atomic mass is 10.0. The molecule has 1 amide bonds. The smallest absolute Gasteiger partial charge is 0.408 e. The number of alkyl carbamates (subject to hydrolysis) is 1. The molecule has 0 heterocycles. The Morgan fingerprint density at radius 1 is 0.964 bits per heavy atom. The quantitative estimate of drug-likeness (QED) is 0.513. The van der Waals surface area contributed by atoms with Crippen LogP contribution in [0.25, 0.3) is 0 Å². The summed E-state index contributed by atoms with van der Waals surface area (Å²) in [4.78, 5) is 36.4. The summed E-state index contributed by atoms with van der Waals surface area (Å²) in [6.07, 6.45) is 1.22. The first-order valence-electron chi connectivity index (χ1n) is 8.74. The molecule has 28 heavy (non-hydrogen) atoms. The van der Waals surface area contributed by atoms with Crippen LogP contribution in [0.2, 0.25) is 0 Å². The van der Waals surface area contributed by atoms with Crippen LogP contribution < -0.4 is 5.32 Å². The molecule has 2 aromatic rings. The first kappa shape index (κ1) is 21.5. The average molecular weight is 401 g/mol. The zero-order valence-corrected chi connectivity index (χ0v) is 16.6. The third-order valence-corrected chi connectivity index (χ3v) is 4.61. The van der Waals surface area contributed by atoms with Gasteiger partial charge < -0.3 is 14.8 Å². The Kier molecular flexibility index (Phi) is 8.55. The number of rotatable bonds is 9. The molecule has 0 saturated carbocycles. The molecule has 0 bridgehead atoms. The van der Waals surface area contributed by atoms with Crippen LogP contribution in [0, 0.1) is 0 Å². The van der Waals surface area contributed by atoms with Crippen molar-refractivity contribution in [1.82, 2.24) is 5.32 Å². The molecule has 0 aliphatic heterocycles. The van der Waals surface area contributed by atoms with Crippen LogP contribution >= 0.6 is 11.8 Å². The number of ketones is 1. The molecule has 1 N–H and O–H groups in total. The van der Waals surface area contributed by atoms with E-state index in [4.69, 9.17) is 9.47 Å². The number of thioether (sulfide) groups is 1. The standard InChI is InChI=1S/C21H23NO5S/c1-15(23)27-20(28-2)19(24)18(13-16-9-5-3-6-10-16)22-21(25)26-14-17-11-7-4-8-12-17/h3-12,18,20H,13-14H2,1-2H3,(H,22,25). The second kappa shape index (κ2) is 11.1. The number of nitrogens with one attached hydrogen (secondary N) is 1. The Morgan fingerprint density at radius 2 is 1.54 bits per heavy atom. The molecule has 0 aromatic heterocycles. The van der Waals surface area contributed by atoms with Crippen molar-refractivity contribution in [1.29, 1.82) is 0 Å². The number of hydrogen-bond acceptors (Lipinski definition) is 6. The fourth-order valence-electron chi connectivity index (χ4n) is 2.52. The predicted octanol–water partition coefficient (Wildman–Crippen LogP) is 3.35. The van der Waals surface area contributed by atoms with Gasteiger partial charge in [-0.2, -0.15) is 0 Å². The highest BCUT2D eigenvalue weighted by atomic mass is 32.2. The van der Waals surface area contributed by atoms with Gasteiger partial charge in [0.05, 0.1) is 6.04 Å². The van der Waals surface area contributed by atoms with Crippen molar-refractivity contribution >= 4 is 29.6 Å². The van der Waals surface area contributed by atoms with Crippen LogP contribution in [-0.4, -0.2) is 35.6 Å². The van der Waals surface area contributed by atoms with Gasteiger partial charge in [-0.1, -0.05) is 60.7 Å². The topological polar surface area (TPSA) is 81.7 Å². The summed E-state index contributed by atoms with van der Waals surface area (Å²) in [5.41, 5.74) is 0.706. The van der Waals surface area contributed by atoms with Crippen molar-refractivity contribution < 1.29 is 23.9 Å². The minimum atomic E-state index is -0.999. The molecule has 7 heteroatoms. The molecule has 0 radical (unpaired) electrons. The van der Waals surface area contributed by atoms with Gasteiger partial charge in [-0.25, -0.2) is 4.79 Å². The van der Waals surface area contributed by atoms with Crippen LogP contribution in [0.1, 0.15) is 18.1 Å². The summed E-state index contributed by atoms with van der Waals surface area (Å²) in [5, 5.41) is 2.61. The van der Waals surface area contributed by atoms with Crippen molar-refractivity contribution in [2.45, 2.75) is 31.4 Å². The Hall–Kier alpha value is -2.80. The Bertz CT molecular complexity index is 782. The van der Waals surface area contributed by atoms with Crippen LogP contribution in [0.4, 0.5) is 4.79 Å². The number of amides is 1. The van der Waals surface area contributed by atoms with Gasteiger partial charge >= 0.3 is 12.1 Å². The van der Waals surface area contributed by atoms with Gasteiger partial charge in [-0.3, -0.25) is 9.59 Å². The van der Waals surface area contributed by atoms with Crippen LogP contribution in [0.5, 0.6) is 0 Å². The largest absolute Gasteiger partial charge is 0.445 e. The van der Waals surface area contributed by atoms with Crippen molar-refractivity contribution in [3.8, 4) is 0 Å². The number of carbonyl (C=O) groups is 3. The maximum absolute atomic E-state index is 12.9. The highest BCUT2D eigenvalue weighted by Crippen LogP contribution is 2.15. The zero-order valence-electron chi connectivity index (χ0n) is 15.8. The van der Waals surface area contributed by atoms with Gasteiger partial charge in [0, 0.05) is 13.3 Å². The van der Waals surface area contributed by atoms with E-state index >= 15 is 0 Å². The van der Waals surface area contributed by atoms with Crippen molar-refractivity contribution in [2.24, 2.45) is 0 Å². The SMILES string of the molecule is CSC(OC(C)=O)C(=O)C(Cc1ccccc1)NC(=O)OCc1ccccc1. The molecule has 2 unspecified atom stereocenters. The molecule has 0 fully saturated rings. The Labute approximate surface area is 168 Å². The fourth-order valence-corrected chi connectivity index (χ4v) is 3.15. The molecular formula is C21H23NO5S. The number of benzene rings is 2. The van der Waals surface area contributed by atoms with E-state index in [9.17, 15) is 14.4 Å². The van der Waals surface area contributed by atoms with Gasteiger partial charge in [0.25, 0.3) is 0 Å². The molecule has 0 aliphatic rings. The maximum atomic E-state index is 12.9. The van der Waals surface area contributed by atoms with Gasteiger partial charge in [-0.05, 0) is 17.4 Å². The summed E-state index contributed by atoms with van der Waals surface area (Å²) in [5.74, 6) is -0.957. The first-order chi connectivity index (χ1) is 13.5. The van der Waals surface area contributed by atoms with E-state index in [0.29, 0.717) is 0 Å². The second-order valence-electron chi connectivity index (χ2n) is 6.03. The predicted molar refractivity (Wildman–Crippen MR) is 108 cm³/mol. The number of hydrogen-bond donors (Lipinski definition) is 1. The van der Waals surface area contributed by atoms with Crippen LogP contribution in [0.3, 0.4) is 0 Å². The van der Waals surface area contributed by atoms with Crippen LogP contribution in [0.15, 0.2) is 60.7 Å². The van der Waals surface area contributed by atoms with E-state index in [2.05, 4.69) is 5.32 Å². The zero-order chi connectivity index (χ0) is 20.4. The molecule has 0 aliphatic carbocycles. The lowest BCUT2D eigenvalue weighted by Gasteiger charge is -2.22. The normalized spacial score (nSPS) is 12.5. The average Bonchev–Trinajstić information content (AvgIpc) is 2.71. The Balaban J connectivity index is 2.07. The number of carbonyl (C=O) groups excluding carboxylic acids is 3. The summed E-state index contributed by atoms with van der Waals surface area (Å²) >= 11 is 1.10. The van der Waals surface area contributed by atoms with Gasteiger partial charge in [0.1, 0.15) is 6.61 Å². The Morgan fingerprint density at radius 3 is 2.07 bits per heavy atom. The molecule has 6 nitrogen and oxygen atoms in total. The highest BCUT2D eigenvalue weighted by Gasteiger charge is 2.30. The summed E-state index contributed by atoms with van der Waals surface area (Å²) < 4.78 is 10.3. The minimum absolute atomic E-state index is 0.0921. The van der Waals surface area contributed by atoms with E-state index in [1.54, 1.807) is 6.26 Å². The van der Waals surface area contributed by atoms with Gasteiger partial charge in [0.2, 0.25) is 11.2 Å². The van der Waals surface area contributed by atoms with Gasteiger partial charge in [0.15, 0.2) is 0 Å². The number of ether oxygens (including phenoxy) is 2. The second-order valence-corrected chi connectivity index (χ2v) is 6.93. The van der Waals surface area contributed by atoms with Crippen LogP contribution in [-0.2, 0) is 32.1 Å². The summed E-state index contributed by atoms with van der Waals surface area (Å²) in [6, 6.07) is 17.6. The van der Waals surface area contributed by atoms with Crippen molar-refractivity contribution in [3.63, 3.8) is 0 Å². The van der Waals surface area contributed by atoms with Crippen molar-refractivity contribution in [2.75, 3.05) is 6.26 Å². The van der Waals surface area contributed by atoms with Crippen molar-refractivity contribution in [3.05, 3.63) is 71.8 Å². The highest BCUT2D eigenvalue weighted by molar-refractivity contribution is 7.99. The third kappa shape index (κ3) is 7.08. The number of Topliss-reactive ketones (excluding diaryl/α,β-unsaturated/α-hetero) is 1. The fraction of sp³-hybridized carbons (Fsp3) is 0.286. The monoisotopic (exact) mass is 401 g/mol. The lowest BCUT2D eigenvalue weighted by Crippen LogP contribution is -2.47. The lowest BCUT2D eigenvalue weighted by molar-refractivity contribution is -0.148. The molecule has 0 saturated heterocycles. The van der Waals surface area contributed by atoms with Gasteiger partial charge in [-0.15, -0.1) is 11.8 Å². The molecule has 148 valence electrons. The summed E-state index contributed by atoms with van der Waals surface area (Å²) in [6.45, 7) is 1.33. The van der Waals surface area contributed by atoms with E-state index in [1.807, 2.05) is 60.7 Å². The maximum Gasteiger partial charge on any atom is 0.408 e.